The van der Waals surface area contributed by atoms with E-state index in [2.05, 4.69) is 15.6 Å². The van der Waals surface area contributed by atoms with Gasteiger partial charge in [0.05, 0.1) is 7.11 Å². The largest absolute Gasteiger partial charge is 0.480 e. The molecule has 0 radical (unpaired) electrons. The summed E-state index contributed by atoms with van der Waals surface area (Å²) >= 11 is 6.16. The molecule has 4 aromatic rings. The van der Waals surface area contributed by atoms with E-state index in [1.807, 2.05) is 24.3 Å². The van der Waals surface area contributed by atoms with Gasteiger partial charge in [0, 0.05) is 28.8 Å². The number of imidazole rings is 1. The van der Waals surface area contributed by atoms with Crippen LogP contribution >= 0.6 is 11.6 Å². The molecule has 0 aliphatic heterocycles. The highest BCUT2D eigenvalue weighted by atomic mass is 35.5. The fraction of sp³-hybridized carbons (Fsp3) is 0.154. The maximum absolute atomic E-state index is 12.9. The monoisotopic (exact) mass is 506 g/mol. The Kier molecular flexibility index (Phi) is 7.50. The molecule has 0 fully saturated rings. The molecule has 9 nitrogen and oxygen atoms in total. The summed E-state index contributed by atoms with van der Waals surface area (Å²) in [5.41, 5.74) is 2.68. The van der Waals surface area contributed by atoms with Gasteiger partial charge < -0.3 is 20.5 Å². The zero-order valence-electron chi connectivity index (χ0n) is 19.3. The lowest BCUT2D eigenvalue weighted by Crippen LogP contribution is -2.42. The summed E-state index contributed by atoms with van der Waals surface area (Å²) in [6.45, 7) is -0.0973. The molecule has 1 unspecified atom stereocenters. The summed E-state index contributed by atoms with van der Waals surface area (Å²) in [5, 5.41) is 15.8. The normalized spacial score (nSPS) is 11.6. The first-order valence-corrected chi connectivity index (χ1v) is 11.4. The zero-order chi connectivity index (χ0) is 25.7. The molecule has 3 N–H and O–H groups in total. The maximum Gasteiger partial charge on any atom is 0.326 e. The molecular weight excluding hydrogens is 484 g/mol. The van der Waals surface area contributed by atoms with Crippen LogP contribution in [-0.4, -0.2) is 52.0 Å². The van der Waals surface area contributed by atoms with Crippen molar-refractivity contribution in [2.24, 2.45) is 0 Å². The number of hydrogen-bond acceptors (Lipinski definition) is 6. The third kappa shape index (κ3) is 5.64. The third-order valence-electron chi connectivity index (χ3n) is 5.50. The number of nitrogens with one attached hydrogen (secondary N) is 2. The zero-order valence-corrected chi connectivity index (χ0v) is 20.0. The first kappa shape index (κ1) is 24.7. The molecule has 0 bridgehead atoms. The highest BCUT2D eigenvalue weighted by Gasteiger charge is 2.22. The molecule has 10 heteroatoms. The Bertz CT molecular complexity index is 1420. The van der Waals surface area contributed by atoms with Gasteiger partial charge in [0.1, 0.15) is 29.7 Å². The minimum Gasteiger partial charge on any atom is -0.480 e. The van der Waals surface area contributed by atoms with Crippen molar-refractivity contribution in [3.8, 4) is 11.3 Å². The van der Waals surface area contributed by atoms with Crippen LogP contribution in [-0.2, 0) is 20.7 Å². The number of nitrogens with zero attached hydrogens (tertiary/aromatic N) is 2. The molecule has 0 saturated carbocycles. The van der Waals surface area contributed by atoms with E-state index >= 15 is 0 Å². The lowest BCUT2D eigenvalue weighted by molar-refractivity contribution is -0.139. The van der Waals surface area contributed by atoms with Crippen LogP contribution in [0.2, 0.25) is 5.02 Å². The Balaban J connectivity index is 1.65. The molecule has 4 rings (SSSR count). The first-order chi connectivity index (χ1) is 17.4. The first-order valence-electron chi connectivity index (χ1n) is 11.0. The Morgan fingerprint density at radius 3 is 2.56 bits per heavy atom. The molecule has 2 heterocycles. The SMILES string of the molecule is COC(=O)CNc1c(-c2cccc(Cl)c2)nc2cc(C(=O)NC(Cc3ccccc3)C(=O)O)ccn12. The molecule has 0 spiro atoms. The molecule has 184 valence electrons. The predicted octanol–water partition coefficient (Wildman–Crippen LogP) is 3.67. The Labute approximate surface area is 211 Å². The van der Waals surface area contributed by atoms with Crippen LogP contribution in [0.25, 0.3) is 16.9 Å². The van der Waals surface area contributed by atoms with Gasteiger partial charge in [-0.05, 0) is 29.8 Å². The van der Waals surface area contributed by atoms with Gasteiger partial charge in [0.2, 0.25) is 0 Å². The summed E-state index contributed by atoms with van der Waals surface area (Å²) in [4.78, 5) is 41.1. The van der Waals surface area contributed by atoms with Crippen molar-refractivity contribution >= 4 is 40.9 Å². The molecule has 36 heavy (non-hydrogen) atoms. The van der Waals surface area contributed by atoms with Gasteiger partial charge in [-0.15, -0.1) is 0 Å². The highest BCUT2D eigenvalue weighted by Crippen LogP contribution is 2.30. The number of aliphatic carboxylic acids is 1. The number of carboxylic acids is 1. The van der Waals surface area contributed by atoms with E-state index in [9.17, 15) is 19.5 Å². The third-order valence-corrected chi connectivity index (χ3v) is 5.74. The van der Waals surface area contributed by atoms with E-state index in [0.29, 0.717) is 27.7 Å². The number of benzene rings is 2. The molecule has 0 saturated heterocycles. The predicted molar refractivity (Wildman–Crippen MR) is 135 cm³/mol. The topological polar surface area (TPSA) is 122 Å². The summed E-state index contributed by atoms with van der Waals surface area (Å²) in [6.07, 6.45) is 1.77. The van der Waals surface area contributed by atoms with Crippen molar-refractivity contribution in [3.63, 3.8) is 0 Å². The van der Waals surface area contributed by atoms with Gasteiger partial charge in [0.25, 0.3) is 5.91 Å². The van der Waals surface area contributed by atoms with Crippen LogP contribution in [0, 0.1) is 0 Å². The van der Waals surface area contributed by atoms with Crippen molar-refractivity contribution in [3.05, 3.63) is 89.1 Å². The second-order valence-corrected chi connectivity index (χ2v) is 8.38. The molecule has 2 aromatic carbocycles. The van der Waals surface area contributed by atoms with E-state index < -0.39 is 23.9 Å². The fourth-order valence-electron chi connectivity index (χ4n) is 3.71. The van der Waals surface area contributed by atoms with Crippen LogP contribution in [0.1, 0.15) is 15.9 Å². The van der Waals surface area contributed by atoms with E-state index in [0.717, 1.165) is 5.56 Å². The lowest BCUT2D eigenvalue weighted by atomic mass is 10.1. The van der Waals surface area contributed by atoms with Gasteiger partial charge in [0.15, 0.2) is 0 Å². The molecule has 0 aliphatic carbocycles. The van der Waals surface area contributed by atoms with Crippen LogP contribution in [0.5, 0.6) is 0 Å². The standard InChI is InChI=1S/C26H23ClN4O5/c1-36-22(32)15-28-24-23(17-8-5-9-19(27)13-17)30-21-14-18(10-11-31(21)24)25(33)29-20(26(34)35)12-16-6-3-2-4-7-16/h2-11,13-14,20,28H,12,15H2,1H3,(H,29,33)(H,34,35). The van der Waals surface area contributed by atoms with Gasteiger partial charge in [-0.2, -0.15) is 0 Å². The van der Waals surface area contributed by atoms with Crippen LogP contribution < -0.4 is 10.6 Å². The maximum atomic E-state index is 12.9. The number of halogens is 1. The molecule has 0 aliphatic rings. The minimum atomic E-state index is -1.13. The molecule has 1 atom stereocenters. The molecular formula is C26H23ClN4O5. The Hall–Kier alpha value is -4.37. The summed E-state index contributed by atoms with van der Waals surface area (Å²) in [6, 6.07) is 18.1. The van der Waals surface area contributed by atoms with Crippen molar-refractivity contribution in [1.82, 2.24) is 14.7 Å². The van der Waals surface area contributed by atoms with E-state index in [-0.39, 0.29) is 18.5 Å². The quantitative estimate of drug-likeness (QED) is 0.296. The summed E-state index contributed by atoms with van der Waals surface area (Å²) in [7, 11) is 1.30. The highest BCUT2D eigenvalue weighted by molar-refractivity contribution is 6.30. The second-order valence-electron chi connectivity index (χ2n) is 7.95. The number of carbonyl (C=O) groups is 3. The summed E-state index contributed by atoms with van der Waals surface area (Å²) < 4.78 is 6.41. The van der Waals surface area contributed by atoms with E-state index in [4.69, 9.17) is 16.3 Å². The number of ether oxygens (including phenoxy) is 1. The van der Waals surface area contributed by atoms with Gasteiger partial charge in [-0.3, -0.25) is 14.0 Å². The van der Waals surface area contributed by atoms with Gasteiger partial charge in [-0.25, -0.2) is 9.78 Å². The van der Waals surface area contributed by atoms with Crippen LogP contribution in [0.15, 0.2) is 72.9 Å². The number of hydrogen-bond donors (Lipinski definition) is 3. The van der Waals surface area contributed by atoms with Crippen molar-refractivity contribution in [2.75, 3.05) is 19.0 Å². The number of amides is 1. The van der Waals surface area contributed by atoms with Crippen LogP contribution in [0.3, 0.4) is 0 Å². The smallest absolute Gasteiger partial charge is 0.326 e. The number of anilines is 1. The van der Waals surface area contributed by atoms with Crippen molar-refractivity contribution in [1.29, 1.82) is 0 Å². The summed E-state index contributed by atoms with van der Waals surface area (Å²) in [5.74, 6) is -1.63. The van der Waals surface area contributed by atoms with Gasteiger partial charge >= 0.3 is 11.9 Å². The number of pyridine rings is 1. The van der Waals surface area contributed by atoms with E-state index in [1.165, 1.54) is 7.11 Å². The Morgan fingerprint density at radius 1 is 1.08 bits per heavy atom. The minimum absolute atomic E-state index is 0.0973. The van der Waals surface area contributed by atoms with Crippen LogP contribution in [0.4, 0.5) is 5.82 Å². The number of carbonyl (C=O) groups excluding carboxylic acids is 2. The lowest BCUT2D eigenvalue weighted by Gasteiger charge is -2.15. The average Bonchev–Trinajstić information content (AvgIpc) is 3.25. The van der Waals surface area contributed by atoms with E-state index in [1.54, 1.807) is 53.1 Å². The number of fused-ring (bicyclic) bond motifs is 1. The number of rotatable bonds is 9. The van der Waals surface area contributed by atoms with Crippen molar-refractivity contribution in [2.45, 2.75) is 12.5 Å². The van der Waals surface area contributed by atoms with Crippen molar-refractivity contribution < 1.29 is 24.2 Å². The number of aromatic nitrogens is 2. The number of esters is 1. The molecule has 2 aromatic heterocycles. The molecule has 1 amide bonds. The fourth-order valence-corrected chi connectivity index (χ4v) is 3.90. The average molecular weight is 507 g/mol. The number of carboxylic acid groups (broad SMARTS) is 1. The van der Waals surface area contributed by atoms with Gasteiger partial charge in [-0.1, -0.05) is 54.1 Å². The number of methoxy groups -OCH3 is 1. The second kappa shape index (κ2) is 10.9. The Morgan fingerprint density at radius 2 is 1.86 bits per heavy atom.